The summed E-state index contributed by atoms with van der Waals surface area (Å²) >= 11 is 7.49. The van der Waals surface area contributed by atoms with Crippen molar-refractivity contribution in [3.8, 4) is 0 Å². The molecular formula is C15H18ClN5OS. The number of hydrogen-bond donors (Lipinski definition) is 2. The fourth-order valence-electron chi connectivity index (χ4n) is 2.45. The van der Waals surface area contributed by atoms with Crippen molar-refractivity contribution in [2.75, 3.05) is 28.6 Å². The summed E-state index contributed by atoms with van der Waals surface area (Å²) in [6, 6.07) is 5.09. The number of amides is 2. The van der Waals surface area contributed by atoms with Crippen molar-refractivity contribution in [1.29, 1.82) is 0 Å². The zero-order valence-electron chi connectivity index (χ0n) is 12.8. The lowest BCUT2D eigenvalue weighted by Crippen LogP contribution is -2.29. The molecule has 1 aliphatic heterocycles. The Bertz CT molecular complexity index is 699. The van der Waals surface area contributed by atoms with Crippen LogP contribution in [-0.2, 0) is 0 Å². The summed E-state index contributed by atoms with van der Waals surface area (Å²) in [5.41, 5.74) is 1.60. The molecule has 3 rings (SSSR count). The van der Waals surface area contributed by atoms with E-state index < -0.39 is 0 Å². The number of urea groups is 1. The van der Waals surface area contributed by atoms with E-state index in [9.17, 15) is 4.79 Å². The molecule has 2 heterocycles. The van der Waals surface area contributed by atoms with Gasteiger partial charge in [0.15, 0.2) is 0 Å². The van der Waals surface area contributed by atoms with Crippen LogP contribution in [0.2, 0.25) is 5.02 Å². The van der Waals surface area contributed by atoms with E-state index in [1.54, 1.807) is 12.1 Å². The maximum atomic E-state index is 12.0. The molecule has 8 heteroatoms. The Kier molecular flexibility index (Phi) is 4.97. The maximum absolute atomic E-state index is 12.0. The summed E-state index contributed by atoms with van der Waals surface area (Å²) in [4.78, 5) is 14.3. The molecule has 2 amide bonds. The minimum absolute atomic E-state index is 0.378. The molecule has 0 bridgehead atoms. The number of carbonyl (C=O) groups is 1. The molecule has 1 aromatic carbocycles. The van der Waals surface area contributed by atoms with Crippen LogP contribution in [0.5, 0.6) is 0 Å². The van der Waals surface area contributed by atoms with E-state index in [-0.39, 0.29) is 6.03 Å². The van der Waals surface area contributed by atoms with Crippen LogP contribution in [0.15, 0.2) is 18.2 Å². The van der Waals surface area contributed by atoms with Gasteiger partial charge >= 0.3 is 6.03 Å². The minimum Gasteiger partial charge on any atom is -0.347 e. The summed E-state index contributed by atoms with van der Waals surface area (Å²) in [6.45, 7) is 3.94. The topological polar surface area (TPSA) is 70.1 Å². The van der Waals surface area contributed by atoms with E-state index in [1.165, 1.54) is 30.6 Å². The van der Waals surface area contributed by atoms with Crippen molar-refractivity contribution in [1.82, 2.24) is 10.2 Å². The molecule has 1 fully saturated rings. The third-order valence-corrected chi connectivity index (χ3v) is 4.85. The monoisotopic (exact) mass is 351 g/mol. The van der Waals surface area contributed by atoms with E-state index >= 15 is 0 Å². The van der Waals surface area contributed by atoms with Crippen molar-refractivity contribution >= 4 is 44.9 Å². The highest BCUT2D eigenvalue weighted by molar-refractivity contribution is 7.19. The normalized spacial score (nSPS) is 14.6. The van der Waals surface area contributed by atoms with Gasteiger partial charge in [0.2, 0.25) is 10.3 Å². The molecule has 1 aromatic heterocycles. The van der Waals surface area contributed by atoms with Crippen molar-refractivity contribution in [2.45, 2.75) is 26.2 Å². The minimum atomic E-state index is -0.378. The Morgan fingerprint density at radius 1 is 1.22 bits per heavy atom. The molecule has 6 nitrogen and oxygen atoms in total. The summed E-state index contributed by atoms with van der Waals surface area (Å²) in [5, 5.41) is 15.4. The number of aromatic nitrogens is 2. The van der Waals surface area contributed by atoms with E-state index in [2.05, 4.69) is 25.7 Å². The van der Waals surface area contributed by atoms with Gasteiger partial charge in [-0.15, -0.1) is 10.2 Å². The van der Waals surface area contributed by atoms with Crippen molar-refractivity contribution < 1.29 is 4.79 Å². The standard InChI is InChI=1S/C15H18ClN5OS/c1-10-5-6-12(11(16)9-10)17-13(22)18-14-19-20-15(23-14)21-7-3-2-4-8-21/h5-6,9H,2-4,7-8H2,1H3,(H2,17,18,19,22). The summed E-state index contributed by atoms with van der Waals surface area (Å²) < 4.78 is 0. The number of carbonyl (C=O) groups excluding carboxylic acids is 1. The quantitative estimate of drug-likeness (QED) is 0.872. The number of benzene rings is 1. The van der Waals surface area contributed by atoms with Gasteiger partial charge in [-0.25, -0.2) is 4.79 Å². The second kappa shape index (κ2) is 7.14. The van der Waals surface area contributed by atoms with E-state index in [0.717, 1.165) is 23.8 Å². The van der Waals surface area contributed by atoms with Gasteiger partial charge < -0.3 is 10.2 Å². The molecule has 0 radical (unpaired) electrons. The maximum Gasteiger partial charge on any atom is 0.325 e. The van der Waals surface area contributed by atoms with Crippen LogP contribution < -0.4 is 15.5 Å². The number of aryl methyl sites for hydroxylation is 1. The molecule has 23 heavy (non-hydrogen) atoms. The van der Waals surface area contributed by atoms with Crippen LogP contribution in [0.1, 0.15) is 24.8 Å². The number of nitrogens with zero attached hydrogens (tertiary/aromatic N) is 3. The molecule has 122 valence electrons. The zero-order chi connectivity index (χ0) is 16.2. The highest BCUT2D eigenvalue weighted by Crippen LogP contribution is 2.27. The van der Waals surface area contributed by atoms with Gasteiger partial charge in [0.05, 0.1) is 10.7 Å². The summed E-state index contributed by atoms with van der Waals surface area (Å²) in [5.74, 6) is 0. The zero-order valence-corrected chi connectivity index (χ0v) is 14.4. The Balaban J connectivity index is 1.60. The van der Waals surface area contributed by atoms with Crippen LogP contribution in [0.25, 0.3) is 0 Å². The Labute approximate surface area is 143 Å². The second-order valence-corrected chi connectivity index (χ2v) is 6.86. The summed E-state index contributed by atoms with van der Waals surface area (Å²) in [7, 11) is 0. The molecule has 0 unspecified atom stereocenters. The fourth-order valence-corrected chi connectivity index (χ4v) is 3.53. The molecule has 0 atom stereocenters. The molecule has 1 aliphatic rings. The molecule has 0 saturated carbocycles. The third kappa shape index (κ3) is 4.11. The number of halogens is 1. The highest BCUT2D eigenvalue weighted by atomic mass is 35.5. The van der Waals surface area contributed by atoms with E-state index in [4.69, 9.17) is 11.6 Å². The summed E-state index contributed by atoms with van der Waals surface area (Å²) in [6.07, 6.45) is 3.61. The van der Waals surface area contributed by atoms with Gasteiger partial charge in [0, 0.05) is 13.1 Å². The smallest absolute Gasteiger partial charge is 0.325 e. The predicted molar refractivity (Wildman–Crippen MR) is 94.8 cm³/mol. The molecule has 0 spiro atoms. The Morgan fingerprint density at radius 3 is 2.74 bits per heavy atom. The van der Waals surface area contributed by atoms with Gasteiger partial charge in [-0.2, -0.15) is 0 Å². The van der Waals surface area contributed by atoms with Crippen LogP contribution in [0.4, 0.5) is 20.7 Å². The number of hydrogen-bond acceptors (Lipinski definition) is 5. The first-order chi connectivity index (χ1) is 11.1. The molecular weight excluding hydrogens is 334 g/mol. The lowest BCUT2D eigenvalue weighted by Gasteiger charge is -2.25. The van der Waals surface area contributed by atoms with Crippen molar-refractivity contribution in [3.63, 3.8) is 0 Å². The number of anilines is 3. The van der Waals surface area contributed by atoms with Gasteiger partial charge in [0.25, 0.3) is 0 Å². The fraction of sp³-hybridized carbons (Fsp3) is 0.400. The van der Waals surface area contributed by atoms with Crippen LogP contribution in [0, 0.1) is 6.92 Å². The molecule has 2 N–H and O–H groups in total. The molecule has 1 saturated heterocycles. The van der Waals surface area contributed by atoms with Gasteiger partial charge in [-0.05, 0) is 43.9 Å². The van der Waals surface area contributed by atoms with Gasteiger partial charge in [-0.3, -0.25) is 5.32 Å². The molecule has 0 aliphatic carbocycles. The SMILES string of the molecule is Cc1ccc(NC(=O)Nc2nnc(N3CCCCC3)s2)c(Cl)c1. The average Bonchev–Trinajstić information content (AvgIpc) is 2.99. The van der Waals surface area contributed by atoms with Crippen LogP contribution in [-0.4, -0.2) is 29.3 Å². The van der Waals surface area contributed by atoms with Crippen LogP contribution in [0.3, 0.4) is 0 Å². The van der Waals surface area contributed by atoms with Crippen LogP contribution >= 0.6 is 22.9 Å². The van der Waals surface area contributed by atoms with Crippen molar-refractivity contribution in [2.24, 2.45) is 0 Å². The third-order valence-electron chi connectivity index (χ3n) is 3.63. The lowest BCUT2D eigenvalue weighted by atomic mass is 10.1. The Hall–Kier alpha value is -1.86. The number of nitrogens with one attached hydrogen (secondary N) is 2. The average molecular weight is 352 g/mol. The number of rotatable bonds is 3. The largest absolute Gasteiger partial charge is 0.347 e. The first-order valence-electron chi connectivity index (χ1n) is 7.54. The van der Waals surface area contributed by atoms with Crippen molar-refractivity contribution in [3.05, 3.63) is 28.8 Å². The molecule has 2 aromatic rings. The van der Waals surface area contributed by atoms with E-state index in [1.807, 2.05) is 13.0 Å². The van der Waals surface area contributed by atoms with Gasteiger partial charge in [-0.1, -0.05) is 29.0 Å². The lowest BCUT2D eigenvalue weighted by molar-refractivity contribution is 0.262. The first kappa shape index (κ1) is 16.0. The second-order valence-electron chi connectivity index (χ2n) is 5.50. The van der Waals surface area contributed by atoms with E-state index in [0.29, 0.717) is 15.8 Å². The van der Waals surface area contributed by atoms with Gasteiger partial charge in [0.1, 0.15) is 0 Å². The Morgan fingerprint density at radius 2 is 2.00 bits per heavy atom. The predicted octanol–water partition coefficient (Wildman–Crippen LogP) is 4.13. The number of piperidine rings is 1. The highest BCUT2D eigenvalue weighted by Gasteiger charge is 2.16. The first-order valence-corrected chi connectivity index (χ1v) is 8.74.